The van der Waals surface area contributed by atoms with E-state index in [9.17, 15) is 4.79 Å². The van der Waals surface area contributed by atoms with Gasteiger partial charge in [-0.1, -0.05) is 12.1 Å². The fourth-order valence-electron chi connectivity index (χ4n) is 2.48. The highest BCUT2D eigenvalue weighted by Gasteiger charge is 2.17. The van der Waals surface area contributed by atoms with Crippen LogP contribution in [-0.4, -0.2) is 19.0 Å². The lowest BCUT2D eigenvalue weighted by Gasteiger charge is -2.22. The second-order valence-electron chi connectivity index (χ2n) is 5.33. The van der Waals surface area contributed by atoms with E-state index in [1.54, 1.807) is 0 Å². The van der Waals surface area contributed by atoms with E-state index in [2.05, 4.69) is 22.9 Å². The highest BCUT2D eigenvalue weighted by atomic mass is 16.1. The number of hydrogen-bond acceptors (Lipinski definition) is 3. The monoisotopic (exact) mass is 281 g/mol. The van der Waals surface area contributed by atoms with Crippen LogP contribution in [0.2, 0.25) is 0 Å². The number of carbonyl (C=O) groups excluding carboxylic acids is 1. The third kappa shape index (κ3) is 2.70. The Morgan fingerprint density at radius 2 is 1.86 bits per heavy atom. The van der Waals surface area contributed by atoms with E-state index in [0.29, 0.717) is 5.56 Å². The van der Waals surface area contributed by atoms with Crippen molar-refractivity contribution in [1.82, 2.24) is 0 Å². The Morgan fingerprint density at radius 3 is 2.67 bits per heavy atom. The van der Waals surface area contributed by atoms with Crippen molar-refractivity contribution in [3.8, 4) is 0 Å². The molecule has 0 atom stereocenters. The quantitative estimate of drug-likeness (QED) is 0.791. The molecule has 3 N–H and O–H groups in total. The maximum absolute atomic E-state index is 12.5. The largest absolute Gasteiger partial charge is 0.382 e. The van der Waals surface area contributed by atoms with E-state index >= 15 is 0 Å². The second-order valence-corrected chi connectivity index (χ2v) is 5.33. The van der Waals surface area contributed by atoms with Gasteiger partial charge in [0.25, 0.3) is 5.91 Å². The second kappa shape index (κ2) is 5.48. The van der Waals surface area contributed by atoms with Crippen LogP contribution in [0.1, 0.15) is 21.5 Å². The number of anilines is 3. The maximum atomic E-state index is 12.5. The molecule has 0 radical (unpaired) electrons. The number of rotatable bonds is 2. The van der Waals surface area contributed by atoms with Crippen LogP contribution in [0.15, 0.2) is 36.4 Å². The van der Waals surface area contributed by atoms with Crippen molar-refractivity contribution in [2.24, 2.45) is 0 Å². The molecule has 108 valence electrons. The first kappa shape index (κ1) is 13.5. The fraction of sp³-hybridized carbons (Fsp3) is 0.235. The average Bonchev–Trinajstić information content (AvgIpc) is 2.50. The molecule has 2 aromatic carbocycles. The highest BCUT2D eigenvalue weighted by Crippen LogP contribution is 2.29. The minimum Gasteiger partial charge on any atom is -0.382 e. The number of nitrogens with one attached hydrogen (secondary N) is 3. The maximum Gasteiger partial charge on any atom is 0.257 e. The molecule has 0 saturated carbocycles. The number of aryl methyl sites for hydroxylation is 2. The Balaban J connectivity index is 1.87. The van der Waals surface area contributed by atoms with Gasteiger partial charge in [0.1, 0.15) is 0 Å². The number of fused-ring (bicyclic) bond motifs is 1. The molecule has 4 heteroatoms. The number of para-hydroxylation sites is 1. The van der Waals surface area contributed by atoms with Crippen molar-refractivity contribution in [2.75, 3.05) is 29.0 Å². The molecule has 3 rings (SSSR count). The number of amides is 1. The molecule has 1 aliphatic rings. The first-order valence-corrected chi connectivity index (χ1v) is 7.14. The first-order valence-electron chi connectivity index (χ1n) is 7.14. The number of hydrogen-bond donors (Lipinski definition) is 3. The SMILES string of the molecule is Cc1ccc(NC(=O)c2cccc3c2NCCN3)cc1C. The van der Waals surface area contributed by atoms with Crippen molar-refractivity contribution in [3.63, 3.8) is 0 Å². The van der Waals surface area contributed by atoms with E-state index in [0.717, 1.165) is 30.2 Å². The van der Waals surface area contributed by atoms with Gasteiger partial charge in [0, 0.05) is 18.8 Å². The van der Waals surface area contributed by atoms with Crippen LogP contribution in [0.4, 0.5) is 17.1 Å². The molecule has 1 heterocycles. The molecular weight excluding hydrogens is 262 g/mol. The molecule has 0 saturated heterocycles. The lowest BCUT2D eigenvalue weighted by Crippen LogP contribution is -2.24. The van der Waals surface area contributed by atoms with Gasteiger partial charge in [-0.15, -0.1) is 0 Å². The summed E-state index contributed by atoms with van der Waals surface area (Å²) in [6.45, 7) is 5.79. The van der Waals surface area contributed by atoms with Gasteiger partial charge in [-0.3, -0.25) is 4.79 Å². The summed E-state index contributed by atoms with van der Waals surface area (Å²) in [5.74, 6) is -0.0914. The number of carbonyl (C=O) groups is 1. The standard InChI is InChI=1S/C17H19N3O/c1-11-6-7-13(10-12(11)2)20-17(21)14-4-3-5-15-16(14)19-9-8-18-15/h3-7,10,18-19H,8-9H2,1-2H3,(H,20,21). The van der Waals surface area contributed by atoms with Crippen LogP contribution in [0.25, 0.3) is 0 Å². The molecule has 2 aromatic rings. The predicted octanol–water partition coefficient (Wildman–Crippen LogP) is 3.39. The summed E-state index contributed by atoms with van der Waals surface area (Å²) in [5, 5.41) is 9.56. The van der Waals surface area contributed by atoms with Crippen LogP contribution < -0.4 is 16.0 Å². The summed E-state index contributed by atoms with van der Waals surface area (Å²) in [4.78, 5) is 12.5. The molecule has 4 nitrogen and oxygen atoms in total. The highest BCUT2D eigenvalue weighted by molar-refractivity contribution is 6.10. The third-order valence-electron chi connectivity index (χ3n) is 3.82. The average molecular weight is 281 g/mol. The minimum atomic E-state index is -0.0914. The Labute approximate surface area is 124 Å². The molecule has 0 aliphatic carbocycles. The molecule has 0 spiro atoms. The van der Waals surface area contributed by atoms with E-state index in [4.69, 9.17) is 0 Å². The van der Waals surface area contributed by atoms with Crippen molar-refractivity contribution < 1.29 is 4.79 Å². The van der Waals surface area contributed by atoms with Gasteiger partial charge in [-0.25, -0.2) is 0 Å². The van der Waals surface area contributed by atoms with Crippen molar-refractivity contribution >= 4 is 23.0 Å². The third-order valence-corrected chi connectivity index (χ3v) is 3.82. The summed E-state index contributed by atoms with van der Waals surface area (Å²) < 4.78 is 0. The van der Waals surface area contributed by atoms with Crippen molar-refractivity contribution in [2.45, 2.75) is 13.8 Å². The lowest BCUT2D eigenvalue weighted by molar-refractivity contribution is 0.102. The summed E-state index contributed by atoms with van der Waals surface area (Å²) in [6, 6.07) is 11.7. The topological polar surface area (TPSA) is 53.2 Å². The van der Waals surface area contributed by atoms with Crippen LogP contribution in [0, 0.1) is 13.8 Å². The zero-order valence-corrected chi connectivity index (χ0v) is 12.3. The Kier molecular flexibility index (Phi) is 3.52. The first-order chi connectivity index (χ1) is 10.1. The van der Waals surface area contributed by atoms with E-state index in [1.165, 1.54) is 11.1 Å². The molecule has 21 heavy (non-hydrogen) atoms. The molecule has 0 unspecified atom stereocenters. The number of benzene rings is 2. The summed E-state index contributed by atoms with van der Waals surface area (Å²) >= 11 is 0. The van der Waals surface area contributed by atoms with Gasteiger partial charge >= 0.3 is 0 Å². The van der Waals surface area contributed by atoms with Crippen LogP contribution in [0.3, 0.4) is 0 Å². The molecule has 0 aromatic heterocycles. The van der Waals surface area contributed by atoms with E-state index < -0.39 is 0 Å². The minimum absolute atomic E-state index is 0.0914. The summed E-state index contributed by atoms with van der Waals surface area (Å²) in [6.07, 6.45) is 0. The smallest absolute Gasteiger partial charge is 0.257 e. The molecule has 1 aliphatic heterocycles. The van der Waals surface area contributed by atoms with Gasteiger partial charge in [-0.05, 0) is 49.2 Å². The fourth-order valence-corrected chi connectivity index (χ4v) is 2.48. The molecule has 0 bridgehead atoms. The van der Waals surface area contributed by atoms with Gasteiger partial charge in [-0.2, -0.15) is 0 Å². The zero-order chi connectivity index (χ0) is 14.8. The van der Waals surface area contributed by atoms with Crippen LogP contribution in [0.5, 0.6) is 0 Å². The van der Waals surface area contributed by atoms with Gasteiger partial charge in [0.2, 0.25) is 0 Å². The van der Waals surface area contributed by atoms with Gasteiger partial charge in [0.05, 0.1) is 16.9 Å². The Morgan fingerprint density at radius 1 is 1.05 bits per heavy atom. The van der Waals surface area contributed by atoms with E-state index in [-0.39, 0.29) is 5.91 Å². The lowest BCUT2D eigenvalue weighted by atomic mass is 10.1. The zero-order valence-electron chi connectivity index (χ0n) is 12.3. The molecular formula is C17H19N3O. The van der Waals surface area contributed by atoms with Gasteiger partial charge < -0.3 is 16.0 Å². The summed E-state index contributed by atoms with van der Waals surface area (Å²) in [5.41, 5.74) is 5.74. The van der Waals surface area contributed by atoms with Crippen molar-refractivity contribution in [1.29, 1.82) is 0 Å². The molecule has 0 fully saturated rings. The normalized spacial score (nSPS) is 12.9. The van der Waals surface area contributed by atoms with Crippen LogP contribution >= 0.6 is 0 Å². The van der Waals surface area contributed by atoms with E-state index in [1.807, 2.05) is 43.3 Å². The molecule has 1 amide bonds. The predicted molar refractivity (Wildman–Crippen MR) is 87.3 cm³/mol. The van der Waals surface area contributed by atoms with Gasteiger partial charge in [0.15, 0.2) is 0 Å². The summed E-state index contributed by atoms with van der Waals surface area (Å²) in [7, 11) is 0. The van der Waals surface area contributed by atoms with Crippen molar-refractivity contribution in [3.05, 3.63) is 53.1 Å². The van der Waals surface area contributed by atoms with Crippen LogP contribution in [-0.2, 0) is 0 Å². The Bertz CT molecular complexity index is 694. The Hall–Kier alpha value is -2.49.